The summed E-state index contributed by atoms with van der Waals surface area (Å²) in [5.74, 6) is -24.1. The minimum absolute atomic E-state index is 1.97. The number of benzene rings is 3. The summed E-state index contributed by atoms with van der Waals surface area (Å²) < 4.78 is 89.0. The Morgan fingerprint density at radius 1 is 0.375 bits per heavy atom. The van der Waals surface area contributed by atoms with Crippen molar-refractivity contribution in [2.45, 2.75) is 0 Å². The number of rotatable bonds is 4. The molecule has 0 bridgehead atoms. The molecule has 0 unspecified atom stereocenters. The largest absolute Gasteiger partial charge is 0.478 e. The maximum absolute atomic E-state index is 15.0. The summed E-state index contributed by atoms with van der Waals surface area (Å²) in [5, 5.41) is 28.1. The van der Waals surface area contributed by atoms with E-state index in [-0.39, 0.29) is 0 Å². The quantitative estimate of drug-likeness (QED) is 0.339. The molecule has 0 heterocycles. The van der Waals surface area contributed by atoms with Gasteiger partial charge in [-0.15, -0.1) is 0 Å². The highest BCUT2D eigenvalue weighted by atomic mass is 19.2. The standard InChI is InChI=1S/C18H4F6O8/c19-9-1-2(12(22)6(16(27)28)5(11(1)21)15(25)26)10(20)4-3(9)13(23)7(17(29)30)8(14(4)24)18(31)32/h(H,25,26)(H,27,28)(H,29,30)(H,31,32). The van der Waals surface area contributed by atoms with Crippen molar-refractivity contribution in [1.29, 1.82) is 0 Å². The van der Waals surface area contributed by atoms with Crippen LogP contribution >= 0.6 is 0 Å². The normalized spacial score (nSPS) is 11.2. The highest BCUT2D eigenvalue weighted by Crippen LogP contribution is 2.41. The van der Waals surface area contributed by atoms with Crippen molar-refractivity contribution in [3.8, 4) is 0 Å². The van der Waals surface area contributed by atoms with Crippen molar-refractivity contribution in [3.63, 3.8) is 0 Å². The molecule has 0 fully saturated rings. The number of hydrogen-bond acceptors (Lipinski definition) is 4. The van der Waals surface area contributed by atoms with Gasteiger partial charge in [0, 0.05) is 0 Å². The molecule has 3 aromatic rings. The number of carboxylic acids is 4. The maximum atomic E-state index is 15.0. The van der Waals surface area contributed by atoms with Crippen LogP contribution in [-0.2, 0) is 0 Å². The first-order valence-corrected chi connectivity index (χ1v) is 7.84. The summed E-state index contributed by atoms with van der Waals surface area (Å²) in [6.07, 6.45) is 0. The number of hydrogen-bond donors (Lipinski definition) is 4. The lowest BCUT2D eigenvalue weighted by Crippen LogP contribution is -2.18. The van der Waals surface area contributed by atoms with Gasteiger partial charge < -0.3 is 20.4 Å². The zero-order chi connectivity index (χ0) is 24.4. The minimum atomic E-state index is -2.44. The highest BCUT2D eigenvalue weighted by molar-refractivity contribution is 6.13. The van der Waals surface area contributed by atoms with E-state index in [1.54, 1.807) is 0 Å². The Kier molecular flexibility index (Phi) is 4.96. The Balaban J connectivity index is 2.85. The van der Waals surface area contributed by atoms with Crippen LogP contribution in [0.4, 0.5) is 26.3 Å². The summed E-state index contributed by atoms with van der Waals surface area (Å²) in [6.45, 7) is 0. The number of halogens is 6. The lowest BCUT2D eigenvalue weighted by Gasteiger charge is -2.16. The van der Waals surface area contributed by atoms with Crippen molar-refractivity contribution in [3.05, 3.63) is 57.2 Å². The third kappa shape index (κ3) is 2.72. The van der Waals surface area contributed by atoms with Gasteiger partial charge in [0.25, 0.3) is 0 Å². The van der Waals surface area contributed by atoms with E-state index in [0.717, 1.165) is 0 Å². The molecular weight excluding hydrogens is 458 g/mol. The predicted octanol–water partition coefficient (Wildman–Crippen LogP) is 3.62. The average Bonchev–Trinajstić information content (AvgIpc) is 2.66. The van der Waals surface area contributed by atoms with Gasteiger partial charge in [-0.1, -0.05) is 0 Å². The number of fused-ring (bicyclic) bond motifs is 2. The molecule has 14 heteroatoms. The summed E-state index contributed by atoms with van der Waals surface area (Å²) in [6, 6.07) is 0. The first-order chi connectivity index (χ1) is 14.7. The van der Waals surface area contributed by atoms with Gasteiger partial charge in [0.15, 0.2) is 0 Å². The van der Waals surface area contributed by atoms with Gasteiger partial charge in [-0.2, -0.15) is 0 Å². The number of aromatic carboxylic acids is 4. The second-order valence-electron chi connectivity index (χ2n) is 6.10. The van der Waals surface area contributed by atoms with E-state index >= 15 is 8.78 Å². The zero-order valence-corrected chi connectivity index (χ0v) is 14.7. The molecule has 3 rings (SSSR count). The lowest BCUT2D eigenvalue weighted by atomic mass is 9.91. The van der Waals surface area contributed by atoms with E-state index in [1.165, 1.54) is 0 Å². The Hall–Kier alpha value is -4.36. The van der Waals surface area contributed by atoms with Crippen LogP contribution in [0.15, 0.2) is 0 Å². The van der Waals surface area contributed by atoms with Crippen LogP contribution in [0.3, 0.4) is 0 Å². The van der Waals surface area contributed by atoms with Crippen LogP contribution in [-0.4, -0.2) is 44.3 Å². The first kappa shape index (κ1) is 22.3. The third-order valence-electron chi connectivity index (χ3n) is 4.49. The molecule has 166 valence electrons. The molecule has 0 amide bonds. The van der Waals surface area contributed by atoms with E-state index in [2.05, 4.69) is 0 Å². The van der Waals surface area contributed by atoms with Crippen LogP contribution in [0.1, 0.15) is 41.4 Å². The molecular formula is C18H4F6O8. The average molecular weight is 462 g/mol. The van der Waals surface area contributed by atoms with Crippen LogP contribution in [0.25, 0.3) is 21.5 Å². The summed E-state index contributed by atoms with van der Waals surface area (Å²) >= 11 is 0. The van der Waals surface area contributed by atoms with Gasteiger partial charge in [-0.3, -0.25) is 0 Å². The van der Waals surface area contributed by atoms with Crippen molar-refractivity contribution in [2.24, 2.45) is 0 Å². The smallest absolute Gasteiger partial charge is 0.339 e. The first-order valence-electron chi connectivity index (χ1n) is 7.84. The van der Waals surface area contributed by atoms with Gasteiger partial charge in [-0.05, 0) is 0 Å². The third-order valence-corrected chi connectivity index (χ3v) is 4.49. The van der Waals surface area contributed by atoms with E-state index in [9.17, 15) is 36.7 Å². The molecule has 32 heavy (non-hydrogen) atoms. The molecule has 8 nitrogen and oxygen atoms in total. The van der Waals surface area contributed by atoms with Gasteiger partial charge >= 0.3 is 23.9 Å². The SMILES string of the molecule is O=C(O)c1c(C(=O)O)c(F)c2c(F)c3c(F)c(C(=O)O)c(C(=O)O)c(F)c3c(F)c2c1F. The Morgan fingerprint density at radius 3 is 0.656 bits per heavy atom. The second-order valence-corrected chi connectivity index (χ2v) is 6.10. The lowest BCUT2D eigenvalue weighted by molar-refractivity contribution is 0.0643. The Bertz CT molecular complexity index is 1230. The van der Waals surface area contributed by atoms with E-state index < -0.39 is 103 Å². The van der Waals surface area contributed by atoms with Crippen LogP contribution in [0, 0.1) is 34.9 Å². The molecule has 0 aliphatic rings. The molecule has 0 aromatic heterocycles. The van der Waals surface area contributed by atoms with Gasteiger partial charge in [0.2, 0.25) is 0 Å². The fourth-order valence-electron chi connectivity index (χ4n) is 3.26. The Morgan fingerprint density at radius 2 is 0.531 bits per heavy atom. The fourth-order valence-corrected chi connectivity index (χ4v) is 3.26. The van der Waals surface area contributed by atoms with Crippen molar-refractivity contribution in [2.75, 3.05) is 0 Å². The van der Waals surface area contributed by atoms with E-state index in [1.807, 2.05) is 0 Å². The summed E-state index contributed by atoms with van der Waals surface area (Å²) in [7, 11) is 0. The molecule has 3 aromatic carbocycles. The second kappa shape index (κ2) is 7.11. The summed E-state index contributed by atoms with van der Waals surface area (Å²) in [5.41, 5.74) is -7.94. The molecule has 0 saturated carbocycles. The van der Waals surface area contributed by atoms with E-state index in [0.29, 0.717) is 0 Å². The molecule has 0 aliphatic carbocycles. The van der Waals surface area contributed by atoms with Crippen molar-refractivity contribution in [1.82, 2.24) is 0 Å². The summed E-state index contributed by atoms with van der Waals surface area (Å²) in [4.78, 5) is 44.9. The number of carbonyl (C=O) groups is 4. The van der Waals surface area contributed by atoms with Crippen LogP contribution < -0.4 is 0 Å². The predicted molar refractivity (Wildman–Crippen MR) is 89.0 cm³/mol. The van der Waals surface area contributed by atoms with Gasteiger partial charge in [0.05, 0.1) is 21.5 Å². The topological polar surface area (TPSA) is 149 Å². The molecule has 4 N–H and O–H groups in total. The molecule has 0 saturated heterocycles. The van der Waals surface area contributed by atoms with E-state index in [4.69, 9.17) is 20.4 Å². The number of carboxylic acid groups (broad SMARTS) is 4. The monoisotopic (exact) mass is 462 g/mol. The van der Waals surface area contributed by atoms with Crippen LogP contribution in [0.2, 0.25) is 0 Å². The van der Waals surface area contributed by atoms with Crippen molar-refractivity contribution < 1.29 is 65.9 Å². The van der Waals surface area contributed by atoms with Crippen LogP contribution in [0.5, 0.6) is 0 Å². The minimum Gasteiger partial charge on any atom is -0.478 e. The molecule has 0 aliphatic heterocycles. The van der Waals surface area contributed by atoms with Gasteiger partial charge in [-0.25, -0.2) is 45.5 Å². The zero-order valence-electron chi connectivity index (χ0n) is 14.7. The van der Waals surface area contributed by atoms with Crippen molar-refractivity contribution >= 4 is 45.4 Å². The molecule has 0 radical (unpaired) electrons. The fraction of sp³-hybridized carbons (Fsp3) is 0. The Labute approximate surface area is 169 Å². The molecule has 0 spiro atoms. The molecule has 0 atom stereocenters. The maximum Gasteiger partial charge on any atom is 0.339 e. The van der Waals surface area contributed by atoms with Gasteiger partial charge in [0.1, 0.15) is 57.2 Å². The highest BCUT2D eigenvalue weighted by Gasteiger charge is 2.37.